The van der Waals surface area contributed by atoms with E-state index >= 15 is 0 Å². The minimum atomic E-state index is -3.77. The number of amides is 1. The van der Waals surface area contributed by atoms with Crippen LogP contribution in [-0.4, -0.2) is 20.9 Å². The number of nitrogens with one attached hydrogen (secondary N) is 2. The van der Waals surface area contributed by atoms with Crippen LogP contribution in [0.5, 0.6) is 0 Å². The van der Waals surface area contributed by atoms with Crippen LogP contribution in [0.15, 0.2) is 77.7 Å². The summed E-state index contributed by atoms with van der Waals surface area (Å²) < 4.78 is 27.6. The molecule has 0 aromatic heterocycles. The summed E-state index contributed by atoms with van der Waals surface area (Å²) in [6, 6.07) is 20.9. The van der Waals surface area contributed by atoms with Crippen molar-refractivity contribution in [1.29, 1.82) is 0 Å². The normalized spacial score (nSPS) is 12.2. The molecular weight excluding hydrogens is 420 g/mol. The first-order valence-electron chi connectivity index (χ1n) is 9.48. The Hall–Kier alpha value is -2.83. The number of hydrogen-bond donors (Lipinski definition) is 2. The van der Waals surface area contributed by atoms with Crippen molar-refractivity contribution in [2.45, 2.75) is 24.7 Å². The maximum atomic E-state index is 12.5. The van der Waals surface area contributed by atoms with E-state index < -0.39 is 10.0 Å². The molecule has 0 spiro atoms. The summed E-state index contributed by atoms with van der Waals surface area (Å²) in [4.78, 5) is 12.6. The summed E-state index contributed by atoms with van der Waals surface area (Å²) in [5.41, 5.74) is 2.67. The van der Waals surface area contributed by atoms with Gasteiger partial charge >= 0.3 is 0 Å². The summed E-state index contributed by atoms with van der Waals surface area (Å²) in [7, 11) is -3.77. The topological polar surface area (TPSA) is 75.3 Å². The highest BCUT2D eigenvalue weighted by Crippen LogP contribution is 2.26. The van der Waals surface area contributed by atoms with Crippen molar-refractivity contribution < 1.29 is 13.2 Å². The van der Waals surface area contributed by atoms with Gasteiger partial charge in [-0.05, 0) is 48.7 Å². The van der Waals surface area contributed by atoms with Gasteiger partial charge in [-0.3, -0.25) is 9.52 Å². The zero-order valence-corrected chi connectivity index (χ0v) is 18.3. The Bertz CT molecular complexity index is 1130. The lowest BCUT2D eigenvalue weighted by atomic mass is 10.0. The van der Waals surface area contributed by atoms with Crippen LogP contribution in [0.4, 0.5) is 5.69 Å². The molecule has 0 aliphatic heterocycles. The van der Waals surface area contributed by atoms with Gasteiger partial charge in [-0.2, -0.15) is 0 Å². The predicted octanol–water partition coefficient (Wildman–Crippen LogP) is 4.98. The van der Waals surface area contributed by atoms with Crippen LogP contribution in [0.1, 0.15) is 34.3 Å². The zero-order valence-electron chi connectivity index (χ0n) is 16.7. The van der Waals surface area contributed by atoms with Crippen molar-refractivity contribution in [1.82, 2.24) is 5.32 Å². The minimum Gasteiger partial charge on any atom is -0.351 e. The third-order valence-corrected chi connectivity index (χ3v) is 6.44. The second-order valence-corrected chi connectivity index (χ2v) is 9.22. The summed E-state index contributed by atoms with van der Waals surface area (Å²) in [6.45, 7) is 4.39. The Balaban J connectivity index is 1.67. The average Bonchev–Trinajstić information content (AvgIpc) is 2.74. The number of rotatable bonds is 7. The van der Waals surface area contributed by atoms with Crippen LogP contribution in [0, 0.1) is 6.92 Å². The molecule has 3 aromatic carbocycles. The molecule has 7 heteroatoms. The van der Waals surface area contributed by atoms with Crippen LogP contribution in [-0.2, 0) is 10.0 Å². The number of hydrogen-bond acceptors (Lipinski definition) is 3. The van der Waals surface area contributed by atoms with Crippen LogP contribution in [0.3, 0.4) is 0 Å². The van der Waals surface area contributed by atoms with E-state index in [1.165, 1.54) is 24.3 Å². The maximum Gasteiger partial charge on any atom is 0.261 e. The third kappa shape index (κ3) is 5.40. The fraction of sp³-hybridized carbons (Fsp3) is 0.174. The average molecular weight is 443 g/mol. The van der Waals surface area contributed by atoms with E-state index in [0.717, 1.165) is 11.1 Å². The Morgan fingerprint density at radius 2 is 1.67 bits per heavy atom. The molecule has 156 valence electrons. The lowest BCUT2D eigenvalue weighted by molar-refractivity contribution is 0.0951. The van der Waals surface area contributed by atoms with Gasteiger partial charge in [0.1, 0.15) is 0 Å². The molecule has 1 unspecified atom stereocenters. The Kier molecular flexibility index (Phi) is 6.80. The Labute approximate surface area is 182 Å². The molecule has 1 atom stereocenters. The lowest BCUT2D eigenvalue weighted by Crippen LogP contribution is -2.27. The second kappa shape index (κ2) is 9.32. The van der Waals surface area contributed by atoms with Crippen LogP contribution in [0.25, 0.3) is 0 Å². The van der Waals surface area contributed by atoms with E-state index in [0.29, 0.717) is 12.1 Å². The summed E-state index contributed by atoms with van der Waals surface area (Å²) in [5, 5.41) is 3.03. The van der Waals surface area contributed by atoms with Gasteiger partial charge < -0.3 is 5.32 Å². The van der Waals surface area contributed by atoms with Crippen molar-refractivity contribution in [2.75, 3.05) is 11.3 Å². The number of aryl methyl sites for hydroxylation is 1. The van der Waals surface area contributed by atoms with Crippen LogP contribution in [0.2, 0.25) is 5.02 Å². The molecule has 0 bridgehead atoms. The number of carbonyl (C=O) groups is 1. The van der Waals surface area contributed by atoms with E-state index in [1.54, 1.807) is 18.2 Å². The van der Waals surface area contributed by atoms with Crippen molar-refractivity contribution in [3.8, 4) is 0 Å². The monoisotopic (exact) mass is 442 g/mol. The molecule has 3 rings (SSSR count). The molecule has 0 radical (unpaired) electrons. The Morgan fingerprint density at radius 3 is 2.30 bits per heavy atom. The zero-order chi connectivity index (χ0) is 21.7. The number of halogens is 1. The summed E-state index contributed by atoms with van der Waals surface area (Å²) in [6.07, 6.45) is 0. The molecule has 0 aliphatic carbocycles. The number of benzene rings is 3. The number of sulfonamides is 1. The van der Waals surface area contributed by atoms with Gasteiger partial charge in [0.05, 0.1) is 15.6 Å². The SMILES string of the molecule is Cc1ccc(S(=O)(=O)Nc2ccc(C(=O)NCC(C)c3ccccc3)cc2Cl)cc1. The molecule has 0 fully saturated rings. The molecule has 30 heavy (non-hydrogen) atoms. The molecule has 1 amide bonds. The predicted molar refractivity (Wildman–Crippen MR) is 121 cm³/mol. The minimum absolute atomic E-state index is 0.140. The van der Waals surface area contributed by atoms with Gasteiger partial charge in [0.2, 0.25) is 0 Å². The third-order valence-electron chi connectivity index (χ3n) is 4.74. The molecule has 5 nitrogen and oxygen atoms in total. The maximum absolute atomic E-state index is 12.5. The van der Waals surface area contributed by atoms with E-state index in [9.17, 15) is 13.2 Å². The molecule has 0 saturated heterocycles. The van der Waals surface area contributed by atoms with Crippen molar-refractivity contribution in [3.05, 3.63) is 94.5 Å². The first kappa shape index (κ1) is 21.9. The van der Waals surface area contributed by atoms with E-state index in [1.807, 2.05) is 44.2 Å². The van der Waals surface area contributed by atoms with Gasteiger partial charge in [0, 0.05) is 12.1 Å². The highest BCUT2D eigenvalue weighted by atomic mass is 35.5. The first-order valence-corrected chi connectivity index (χ1v) is 11.3. The molecular formula is C23H23ClN2O3S. The fourth-order valence-corrected chi connectivity index (χ4v) is 4.27. The highest BCUT2D eigenvalue weighted by Gasteiger charge is 2.17. The molecule has 2 N–H and O–H groups in total. The van der Waals surface area contributed by atoms with E-state index in [-0.39, 0.29) is 27.4 Å². The van der Waals surface area contributed by atoms with Crippen LogP contribution < -0.4 is 10.0 Å². The standard InChI is InChI=1S/C23H23ClN2O3S/c1-16-8-11-20(12-9-16)30(28,29)26-22-13-10-19(14-21(22)24)23(27)25-15-17(2)18-6-4-3-5-7-18/h3-14,17,26H,15H2,1-2H3,(H,25,27). The van der Waals surface area contributed by atoms with Crippen molar-refractivity contribution in [2.24, 2.45) is 0 Å². The van der Waals surface area contributed by atoms with Crippen molar-refractivity contribution >= 4 is 33.2 Å². The van der Waals surface area contributed by atoms with E-state index in [2.05, 4.69) is 10.0 Å². The quantitative estimate of drug-likeness (QED) is 0.541. The van der Waals surface area contributed by atoms with Crippen molar-refractivity contribution in [3.63, 3.8) is 0 Å². The number of anilines is 1. The Morgan fingerprint density at radius 1 is 1.00 bits per heavy atom. The van der Waals surface area contributed by atoms with Gasteiger partial charge in [0.15, 0.2) is 0 Å². The van der Waals surface area contributed by atoms with Gasteiger partial charge in [-0.15, -0.1) is 0 Å². The summed E-state index contributed by atoms with van der Waals surface area (Å²) in [5.74, 6) is -0.112. The number of carbonyl (C=O) groups excluding carboxylic acids is 1. The van der Waals surface area contributed by atoms with Gasteiger partial charge in [-0.25, -0.2) is 8.42 Å². The van der Waals surface area contributed by atoms with Gasteiger partial charge in [0.25, 0.3) is 15.9 Å². The van der Waals surface area contributed by atoms with E-state index in [4.69, 9.17) is 11.6 Å². The fourth-order valence-electron chi connectivity index (χ4n) is 2.91. The lowest BCUT2D eigenvalue weighted by Gasteiger charge is -2.14. The molecule has 0 saturated carbocycles. The largest absolute Gasteiger partial charge is 0.351 e. The summed E-state index contributed by atoms with van der Waals surface area (Å²) >= 11 is 6.24. The molecule has 0 heterocycles. The molecule has 3 aromatic rings. The molecule has 0 aliphatic rings. The van der Waals surface area contributed by atoms with Gasteiger partial charge in [-0.1, -0.05) is 66.6 Å². The van der Waals surface area contributed by atoms with Crippen LogP contribution >= 0.6 is 11.6 Å². The first-order chi connectivity index (χ1) is 14.3. The second-order valence-electron chi connectivity index (χ2n) is 7.13. The smallest absolute Gasteiger partial charge is 0.261 e. The highest BCUT2D eigenvalue weighted by molar-refractivity contribution is 7.92.